The molecule has 0 unspecified atom stereocenters. The molecular weight excluding hydrogens is 189 g/mol. The predicted octanol–water partition coefficient (Wildman–Crippen LogP) is 4.12. The van der Waals surface area contributed by atoms with Gasteiger partial charge in [-0.05, 0) is 37.5 Å². The summed E-state index contributed by atoms with van der Waals surface area (Å²) in [6.07, 6.45) is 4.95. The van der Waals surface area contributed by atoms with E-state index in [2.05, 4.69) is 24.9 Å². The Morgan fingerprint density at radius 3 is 2.67 bits per heavy atom. The number of nitrogens with zero attached hydrogens (tertiary/aromatic N) is 1. The summed E-state index contributed by atoms with van der Waals surface area (Å²) < 4.78 is 13.6. The third kappa shape index (κ3) is 3.15. The van der Waals surface area contributed by atoms with Crippen LogP contribution in [0.3, 0.4) is 0 Å². The summed E-state index contributed by atoms with van der Waals surface area (Å²) in [5.74, 6) is -0.344. The summed E-state index contributed by atoms with van der Waals surface area (Å²) in [7, 11) is 0. The topological polar surface area (TPSA) is 12.9 Å². The van der Waals surface area contributed by atoms with Crippen LogP contribution >= 0.6 is 0 Å². The molecule has 0 aliphatic rings. The van der Waals surface area contributed by atoms with Gasteiger partial charge in [-0.15, -0.1) is 0 Å². The molecule has 0 amide bonds. The fourth-order valence-corrected chi connectivity index (χ4v) is 1.63. The van der Waals surface area contributed by atoms with Crippen LogP contribution in [0, 0.1) is 12.9 Å². The molecule has 1 aromatic rings. The second-order valence-corrected chi connectivity index (χ2v) is 3.68. The van der Waals surface area contributed by atoms with Crippen molar-refractivity contribution in [1.29, 1.82) is 0 Å². The number of allylic oxidation sites excluding steroid dienone is 2. The highest BCUT2D eigenvalue weighted by Crippen LogP contribution is 2.22. The molecule has 0 saturated heterocycles. The molecule has 0 N–H and O–H groups in total. The number of pyridine rings is 1. The largest absolute Gasteiger partial charge is 0.225 e. The van der Waals surface area contributed by atoms with Gasteiger partial charge in [-0.25, -0.2) is 4.98 Å². The number of aryl methyl sites for hydroxylation is 1. The van der Waals surface area contributed by atoms with Crippen molar-refractivity contribution in [1.82, 2.24) is 4.98 Å². The van der Waals surface area contributed by atoms with Gasteiger partial charge in [0, 0.05) is 11.3 Å². The molecule has 0 aliphatic carbocycles. The van der Waals surface area contributed by atoms with E-state index in [-0.39, 0.29) is 5.95 Å². The minimum Gasteiger partial charge on any atom is -0.225 e. The van der Waals surface area contributed by atoms with E-state index < -0.39 is 0 Å². The Balaban J connectivity index is 3.06. The molecule has 0 fully saturated rings. The first-order chi connectivity index (χ1) is 7.19. The Hall–Kier alpha value is -1.18. The van der Waals surface area contributed by atoms with E-state index in [1.807, 2.05) is 12.1 Å². The van der Waals surface area contributed by atoms with E-state index in [0.717, 1.165) is 30.5 Å². The molecule has 1 nitrogen and oxygen atoms in total. The first kappa shape index (κ1) is 11.9. The van der Waals surface area contributed by atoms with Crippen molar-refractivity contribution in [2.45, 2.75) is 40.0 Å². The smallest absolute Gasteiger partial charge is 0.220 e. The van der Waals surface area contributed by atoms with E-state index in [4.69, 9.17) is 0 Å². The van der Waals surface area contributed by atoms with Gasteiger partial charge in [0.15, 0.2) is 0 Å². The summed E-state index contributed by atoms with van der Waals surface area (Å²) in [5.41, 5.74) is 2.46. The first-order valence-corrected chi connectivity index (χ1v) is 5.51. The highest BCUT2D eigenvalue weighted by atomic mass is 19.1. The maximum atomic E-state index is 13.6. The van der Waals surface area contributed by atoms with Gasteiger partial charge in [0.05, 0.1) is 0 Å². The average molecular weight is 207 g/mol. The normalized spacial score (nSPS) is 11.9. The highest BCUT2D eigenvalue weighted by molar-refractivity contribution is 5.65. The van der Waals surface area contributed by atoms with Crippen LogP contribution in [-0.4, -0.2) is 4.98 Å². The molecule has 0 spiro atoms. The minimum atomic E-state index is -0.344. The Labute approximate surface area is 91.0 Å². The van der Waals surface area contributed by atoms with Gasteiger partial charge in [0.1, 0.15) is 0 Å². The summed E-state index contributed by atoms with van der Waals surface area (Å²) in [5, 5.41) is 0. The van der Waals surface area contributed by atoms with Crippen LogP contribution < -0.4 is 0 Å². The summed E-state index contributed by atoms with van der Waals surface area (Å²) in [6, 6.07) is 3.69. The van der Waals surface area contributed by atoms with E-state index in [1.54, 1.807) is 6.92 Å². The molecule has 1 aromatic heterocycles. The van der Waals surface area contributed by atoms with Gasteiger partial charge in [0.25, 0.3) is 0 Å². The molecule has 0 radical (unpaired) electrons. The molecule has 0 aromatic carbocycles. The van der Waals surface area contributed by atoms with Crippen LogP contribution in [0.4, 0.5) is 4.39 Å². The molecule has 2 heteroatoms. The number of rotatable bonds is 4. The van der Waals surface area contributed by atoms with Crippen LogP contribution in [0.1, 0.15) is 44.4 Å². The quantitative estimate of drug-likeness (QED) is 0.677. The van der Waals surface area contributed by atoms with Gasteiger partial charge in [-0.3, -0.25) is 0 Å². The fourth-order valence-electron chi connectivity index (χ4n) is 1.63. The molecule has 0 bridgehead atoms. The molecule has 0 saturated carbocycles. The molecule has 0 atom stereocenters. The Morgan fingerprint density at radius 2 is 2.13 bits per heavy atom. The average Bonchev–Trinajstić information content (AvgIpc) is 2.17. The van der Waals surface area contributed by atoms with Gasteiger partial charge in [0.2, 0.25) is 5.95 Å². The van der Waals surface area contributed by atoms with Crippen molar-refractivity contribution in [3.63, 3.8) is 0 Å². The number of halogens is 1. The van der Waals surface area contributed by atoms with Crippen LogP contribution in [0.25, 0.3) is 5.57 Å². The zero-order valence-electron chi connectivity index (χ0n) is 9.68. The molecule has 82 valence electrons. The second-order valence-electron chi connectivity index (χ2n) is 3.68. The molecule has 0 aliphatic heterocycles. The van der Waals surface area contributed by atoms with Gasteiger partial charge in [-0.1, -0.05) is 26.3 Å². The lowest BCUT2D eigenvalue weighted by atomic mass is 10.0. The van der Waals surface area contributed by atoms with Crippen molar-refractivity contribution in [3.05, 3.63) is 35.4 Å². The zero-order chi connectivity index (χ0) is 11.3. The van der Waals surface area contributed by atoms with Crippen LogP contribution in [-0.2, 0) is 0 Å². The predicted molar refractivity (Wildman–Crippen MR) is 62.1 cm³/mol. The molecule has 15 heavy (non-hydrogen) atoms. The Bertz CT molecular complexity index is 356. The lowest BCUT2D eigenvalue weighted by molar-refractivity contribution is 0.575. The number of hydrogen-bond donors (Lipinski definition) is 0. The first-order valence-electron chi connectivity index (χ1n) is 5.51. The van der Waals surface area contributed by atoms with Crippen LogP contribution in [0.5, 0.6) is 0 Å². The minimum absolute atomic E-state index is 0.344. The van der Waals surface area contributed by atoms with Crippen molar-refractivity contribution in [3.8, 4) is 0 Å². The van der Waals surface area contributed by atoms with Crippen LogP contribution in [0.2, 0.25) is 0 Å². The van der Waals surface area contributed by atoms with Crippen molar-refractivity contribution in [2.24, 2.45) is 0 Å². The Morgan fingerprint density at radius 1 is 1.40 bits per heavy atom. The summed E-state index contributed by atoms with van der Waals surface area (Å²) >= 11 is 0. The van der Waals surface area contributed by atoms with Crippen LogP contribution in [0.15, 0.2) is 18.2 Å². The maximum Gasteiger partial charge on any atom is 0.220 e. The van der Waals surface area contributed by atoms with E-state index in [0.29, 0.717) is 5.56 Å². The molecule has 1 rings (SSSR count). The van der Waals surface area contributed by atoms with Crippen molar-refractivity contribution >= 4 is 5.57 Å². The summed E-state index contributed by atoms with van der Waals surface area (Å²) in [6.45, 7) is 5.97. The third-order valence-corrected chi connectivity index (χ3v) is 2.30. The highest BCUT2D eigenvalue weighted by Gasteiger charge is 2.07. The monoisotopic (exact) mass is 207 g/mol. The fraction of sp³-hybridized carbons (Fsp3) is 0.462. The van der Waals surface area contributed by atoms with Crippen molar-refractivity contribution in [2.75, 3.05) is 0 Å². The Kier molecular flexibility index (Phi) is 4.47. The van der Waals surface area contributed by atoms with E-state index >= 15 is 0 Å². The van der Waals surface area contributed by atoms with E-state index in [1.165, 1.54) is 0 Å². The zero-order valence-corrected chi connectivity index (χ0v) is 9.68. The lowest BCUT2D eigenvalue weighted by Gasteiger charge is -2.07. The van der Waals surface area contributed by atoms with Crippen molar-refractivity contribution < 1.29 is 4.39 Å². The standard InChI is InChI=1S/C13H18FN/c1-4-6-11(7-5-2)12-9-8-10(3)15-13(12)14/h6,8-9H,4-5,7H2,1-3H3/b11-6+. The summed E-state index contributed by atoms with van der Waals surface area (Å²) in [4.78, 5) is 3.85. The molecule has 1 heterocycles. The number of hydrogen-bond acceptors (Lipinski definition) is 1. The van der Waals surface area contributed by atoms with Gasteiger partial charge < -0.3 is 0 Å². The maximum absolute atomic E-state index is 13.6. The number of aromatic nitrogens is 1. The van der Waals surface area contributed by atoms with E-state index in [9.17, 15) is 4.39 Å². The second kappa shape index (κ2) is 5.64. The lowest BCUT2D eigenvalue weighted by Crippen LogP contribution is -1.95. The third-order valence-electron chi connectivity index (χ3n) is 2.30. The van der Waals surface area contributed by atoms with Gasteiger partial charge >= 0.3 is 0 Å². The molecular formula is C13H18FN. The van der Waals surface area contributed by atoms with Gasteiger partial charge in [-0.2, -0.15) is 4.39 Å². The SMILES string of the molecule is CC/C=C(\CCC)c1ccc(C)nc1F.